The molecule has 0 aromatic carbocycles. The Morgan fingerprint density at radius 1 is 0.680 bits per heavy atom. The summed E-state index contributed by atoms with van der Waals surface area (Å²) in [5.74, 6) is -30.1. The van der Waals surface area contributed by atoms with E-state index in [2.05, 4.69) is 0 Å². The molecule has 0 aromatic heterocycles. The number of halogens is 13. The second kappa shape index (κ2) is 6.62. The van der Waals surface area contributed by atoms with Crippen molar-refractivity contribution in [3.05, 3.63) is 0 Å². The maximum Gasteiger partial charge on any atom is 0.382 e. The molecular formula is C8H5F13O3S. The predicted molar refractivity (Wildman–Crippen MR) is 52.0 cm³/mol. The molecule has 152 valence electrons. The third-order valence-electron chi connectivity index (χ3n) is 2.64. The summed E-state index contributed by atoms with van der Waals surface area (Å²) in [5, 5.41) is 0. The maximum atomic E-state index is 13.0. The molecule has 1 N–H and O–H groups in total. The third kappa shape index (κ3) is 3.75. The zero-order valence-electron chi connectivity index (χ0n) is 10.9. The van der Waals surface area contributed by atoms with Crippen LogP contribution in [0.4, 0.5) is 57.1 Å². The number of alkyl halides is 13. The lowest BCUT2D eigenvalue weighted by molar-refractivity contribution is -0.382. The molecule has 25 heavy (non-hydrogen) atoms. The van der Waals surface area contributed by atoms with Crippen LogP contribution in [0, 0.1) is 0 Å². The van der Waals surface area contributed by atoms with E-state index in [0.717, 1.165) is 0 Å². The lowest BCUT2D eigenvalue weighted by atomic mass is 9.94. The van der Waals surface area contributed by atoms with Gasteiger partial charge in [-0.2, -0.15) is 43.5 Å². The smallest absolute Gasteiger partial charge is 0.283 e. The Bertz CT molecular complexity index is 574. The van der Waals surface area contributed by atoms with Crippen LogP contribution in [0.15, 0.2) is 0 Å². The molecule has 0 bridgehead atoms. The van der Waals surface area contributed by atoms with E-state index in [-0.39, 0.29) is 0 Å². The summed E-state index contributed by atoms with van der Waals surface area (Å²) >= 11 is 0. The predicted octanol–water partition coefficient (Wildman–Crippen LogP) is 3.65. The van der Waals surface area contributed by atoms with Crippen LogP contribution in [0.5, 0.6) is 0 Å². The van der Waals surface area contributed by atoms with Gasteiger partial charge in [-0.1, -0.05) is 0 Å². The van der Waals surface area contributed by atoms with Gasteiger partial charge < -0.3 is 0 Å². The minimum atomic E-state index is -7.77. The van der Waals surface area contributed by atoms with Gasteiger partial charge in [0.25, 0.3) is 11.9 Å². The molecule has 3 nitrogen and oxygen atoms in total. The third-order valence-corrected chi connectivity index (χ3v) is 3.46. The molecule has 0 spiro atoms. The highest BCUT2D eigenvalue weighted by molar-refractivity contribution is 7.86. The molecule has 0 heterocycles. The summed E-state index contributed by atoms with van der Waals surface area (Å²) in [6, 6.07) is 0. The summed E-state index contributed by atoms with van der Waals surface area (Å²) in [4.78, 5) is 0. The molecule has 0 aliphatic heterocycles. The Morgan fingerprint density at radius 2 is 1.00 bits per heavy atom. The molecule has 3 unspecified atom stereocenters. The normalized spacial score (nSPS) is 19.0. The summed E-state index contributed by atoms with van der Waals surface area (Å²) in [6.07, 6.45) is -15.1. The van der Waals surface area contributed by atoms with Gasteiger partial charge >= 0.3 is 33.8 Å². The largest absolute Gasteiger partial charge is 0.382 e. The highest BCUT2D eigenvalue weighted by Gasteiger charge is 2.85. The minimum absolute atomic E-state index is 4.77. The Kier molecular flexibility index (Phi) is 6.36. The summed E-state index contributed by atoms with van der Waals surface area (Å²) in [7, 11) is -6.86. The van der Waals surface area contributed by atoms with Crippen molar-refractivity contribution in [1.82, 2.24) is 0 Å². The average Bonchev–Trinajstić information content (AvgIpc) is 2.42. The van der Waals surface area contributed by atoms with Crippen LogP contribution < -0.4 is 0 Å². The molecule has 0 saturated carbocycles. The van der Waals surface area contributed by atoms with Crippen molar-refractivity contribution in [2.45, 2.75) is 48.0 Å². The van der Waals surface area contributed by atoms with Gasteiger partial charge in [0, 0.05) is 0 Å². The summed E-state index contributed by atoms with van der Waals surface area (Å²) < 4.78 is 193. The fourth-order valence-corrected chi connectivity index (χ4v) is 1.77. The van der Waals surface area contributed by atoms with Gasteiger partial charge in [0.05, 0.1) is 0 Å². The molecule has 0 aliphatic carbocycles. The van der Waals surface area contributed by atoms with E-state index in [1.165, 1.54) is 0 Å². The van der Waals surface area contributed by atoms with Crippen LogP contribution in [0.1, 0.15) is 0 Å². The Labute approximate surface area is 129 Å². The van der Waals surface area contributed by atoms with Crippen molar-refractivity contribution in [3.8, 4) is 0 Å². The van der Waals surface area contributed by atoms with Crippen molar-refractivity contribution in [2.75, 3.05) is 0 Å². The zero-order chi connectivity index (χ0) is 20.8. The highest BCUT2D eigenvalue weighted by atomic mass is 32.2. The first-order valence-corrected chi connectivity index (χ1v) is 6.85. The Hall–Kier alpha value is -1.00. The van der Waals surface area contributed by atoms with Gasteiger partial charge in [-0.25, -0.2) is 22.0 Å². The molecule has 17 heteroatoms. The summed E-state index contributed by atoms with van der Waals surface area (Å²) in [6.45, 7) is 0. The fraction of sp³-hybridized carbons (Fsp3) is 1.00. The maximum absolute atomic E-state index is 13.0. The van der Waals surface area contributed by atoms with Crippen molar-refractivity contribution in [3.63, 3.8) is 0 Å². The number of hydrogen-bond donors (Lipinski definition) is 1. The van der Waals surface area contributed by atoms with E-state index in [0.29, 0.717) is 0 Å². The van der Waals surface area contributed by atoms with Crippen molar-refractivity contribution < 1.29 is 70.0 Å². The summed E-state index contributed by atoms with van der Waals surface area (Å²) in [5.41, 5.74) is -5.59. The topological polar surface area (TPSA) is 54.4 Å². The van der Waals surface area contributed by atoms with Crippen molar-refractivity contribution in [2.24, 2.45) is 0 Å². The molecular weight excluding hydrogens is 423 g/mol. The molecule has 3 atom stereocenters. The van der Waals surface area contributed by atoms with Gasteiger partial charge in [0.15, 0.2) is 6.17 Å². The van der Waals surface area contributed by atoms with E-state index in [1.807, 2.05) is 0 Å². The van der Waals surface area contributed by atoms with E-state index >= 15 is 0 Å². The molecule has 0 aromatic rings. The second-order valence-corrected chi connectivity index (χ2v) is 5.85. The molecule has 0 amide bonds. The standard InChI is InChI=1S/C8H5F13O3S/c9-1(3(11)12)2(10)5(14,15)7(18,19)8(20,21)6(16,17)4(13)25(22,23)24/h1-4H,(H,22,23,24). The number of rotatable bonds is 8. The molecule has 0 rings (SSSR count). The molecule has 0 fully saturated rings. The number of hydrogen-bond acceptors (Lipinski definition) is 2. The van der Waals surface area contributed by atoms with Crippen LogP contribution in [0.25, 0.3) is 0 Å². The fourth-order valence-electron chi connectivity index (χ4n) is 1.25. The van der Waals surface area contributed by atoms with Crippen molar-refractivity contribution >= 4 is 10.1 Å². The monoisotopic (exact) mass is 428 g/mol. The van der Waals surface area contributed by atoms with Crippen LogP contribution in [0.3, 0.4) is 0 Å². The highest BCUT2D eigenvalue weighted by Crippen LogP contribution is 2.56. The van der Waals surface area contributed by atoms with E-state index in [4.69, 9.17) is 4.55 Å². The Morgan fingerprint density at radius 3 is 1.28 bits per heavy atom. The second-order valence-electron chi connectivity index (χ2n) is 4.41. The van der Waals surface area contributed by atoms with Crippen LogP contribution in [-0.2, 0) is 10.1 Å². The molecule has 0 aliphatic rings. The zero-order valence-corrected chi connectivity index (χ0v) is 11.7. The first-order chi connectivity index (χ1) is 10.7. The molecule has 0 radical (unpaired) electrons. The van der Waals surface area contributed by atoms with E-state index < -0.39 is 58.1 Å². The molecule has 0 saturated heterocycles. The lowest BCUT2D eigenvalue weighted by Gasteiger charge is -2.38. The quantitative estimate of drug-likeness (QED) is 0.475. The van der Waals surface area contributed by atoms with Crippen LogP contribution >= 0.6 is 0 Å². The van der Waals surface area contributed by atoms with Crippen LogP contribution in [-0.4, -0.2) is 60.9 Å². The first-order valence-electron chi connectivity index (χ1n) is 5.35. The average molecular weight is 428 g/mol. The Balaban J connectivity index is 6.20. The van der Waals surface area contributed by atoms with Gasteiger partial charge in [-0.15, -0.1) is 0 Å². The van der Waals surface area contributed by atoms with Gasteiger partial charge in [0.1, 0.15) is 0 Å². The van der Waals surface area contributed by atoms with Gasteiger partial charge in [-0.3, -0.25) is 4.55 Å². The first kappa shape index (κ1) is 24.0. The van der Waals surface area contributed by atoms with Gasteiger partial charge in [0.2, 0.25) is 6.17 Å². The van der Waals surface area contributed by atoms with E-state index in [1.54, 1.807) is 0 Å². The minimum Gasteiger partial charge on any atom is -0.283 e. The van der Waals surface area contributed by atoms with Gasteiger partial charge in [-0.05, 0) is 0 Å². The van der Waals surface area contributed by atoms with E-state index in [9.17, 15) is 65.5 Å². The van der Waals surface area contributed by atoms with Crippen molar-refractivity contribution in [1.29, 1.82) is 0 Å². The lowest BCUT2D eigenvalue weighted by Crippen LogP contribution is -2.68. The SMILES string of the molecule is O=S(=O)(O)C(F)C(F)(F)C(F)(F)C(F)(F)C(F)(F)C(F)C(F)C(F)F. The van der Waals surface area contributed by atoms with Crippen LogP contribution in [0.2, 0.25) is 0 Å².